The Bertz CT molecular complexity index is 1460. The van der Waals surface area contributed by atoms with Gasteiger partial charge in [0.25, 0.3) is 5.56 Å². The number of esters is 2. The molecule has 0 saturated heterocycles. The number of rotatable bonds is 6. The third kappa shape index (κ3) is 4.32. The summed E-state index contributed by atoms with van der Waals surface area (Å²) in [6.07, 6.45) is 3.15. The highest BCUT2D eigenvalue weighted by Crippen LogP contribution is 2.36. The number of thiazole rings is 1. The highest BCUT2D eigenvalue weighted by Gasteiger charge is 2.34. The maximum absolute atomic E-state index is 13.5. The molecule has 0 N–H and O–H groups in total. The maximum atomic E-state index is 13.5. The molecule has 0 bridgehead atoms. The Balaban J connectivity index is 1.95. The summed E-state index contributed by atoms with van der Waals surface area (Å²) >= 11 is 1.19. The van der Waals surface area contributed by atoms with Crippen molar-refractivity contribution < 1.29 is 28.2 Å². The van der Waals surface area contributed by atoms with Crippen LogP contribution in [0, 0.1) is 0 Å². The highest BCUT2D eigenvalue weighted by atomic mass is 32.1. The number of nitrogens with zero attached hydrogens (tertiary/aromatic N) is 2. The van der Waals surface area contributed by atoms with Crippen LogP contribution in [0.25, 0.3) is 6.08 Å². The number of benzene rings is 1. The predicted octanol–water partition coefficient (Wildman–Crippen LogP) is 2.33. The van der Waals surface area contributed by atoms with Crippen molar-refractivity contribution in [3.63, 3.8) is 0 Å². The average molecular weight is 483 g/mol. The second kappa shape index (κ2) is 9.52. The van der Waals surface area contributed by atoms with Gasteiger partial charge < -0.3 is 18.6 Å². The smallest absolute Gasteiger partial charge is 0.338 e. The van der Waals surface area contributed by atoms with E-state index in [0.29, 0.717) is 26.4 Å². The van der Waals surface area contributed by atoms with Gasteiger partial charge in [-0.05, 0) is 43.7 Å². The summed E-state index contributed by atoms with van der Waals surface area (Å²) in [5, 5.41) is 0. The van der Waals surface area contributed by atoms with E-state index in [4.69, 9.17) is 18.6 Å². The lowest BCUT2D eigenvalue weighted by Gasteiger charge is -2.25. The normalized spacial score (nSPS) is 15.5. The van der Waals surface area contributed by atoms with Gasteiger partial charge in [-0.2, -0.15) is 0 Å². The maximum Gasteiger partial charge on any atom is 0.338 e. The molecular weight excluding hydrogens is 460 g/mol. The van der Waals surface area contributed by atoms with Crippen molar-refractivity contribution in [1.29, 1.82) is 0 Å². The molecule has 0 amide bonds. The summed E-state index contributed by atoms with van der Waals surface area (Å²) in [7, 11) is 1.44. The molecule has 0 radical (unpaired) electrons. The number of aromatic nitrogens is 1. The zero-order valence-electron chi connectivity index (χ0n) is 19.0. The van der Waals surface area contributed by atoms with Crippen LogP contribution in [0.4, 0.5) is 0 Å². The van der Waals surface area contributed by atoms with Crippen LogP contribution in [-0.4, -0.2) is 30.2 Å². The molecule has 0 aliphatic carbocycles. The Morgan fingerprint density at radius 1 is 1.26 bits per heavy atom. The number of methoxy groups -OCH3 is 1. The molecular formula is C24H22N2O7S. The zero-order valence-corrected chi connectivity index (χ0v) is 19.8. The first-order chi connectivity index (χ1) is 16.3. The van der Waals surface area contributed by atoms with Crippen LogP contribution in [0.2, 0.25) is 0 Å². The fourth-order valence-corrected chi connectivity index (χ4v) is 4.73. The van der Waals surface area contributed by atoms with Gasteiger partial charge >= 0.3 is 11.9 Å². The van der Waals surface area contributed by atoms with Gasteiger partial charge in [-0.3, -0.25) is 14.2 Å². The van der Waals surface area contributed by atoms with Crippen LogP contribution in [-0.2, 0) is 14.3 Å². The molecule has 3 aromatic rings. The Kier molecular flexibility index (Phi) is 6.51. The van der Waals surface area contributed by atoms with Gasteiger partial charge in [0.15, 0.2) is 16.3 Å². The van der Waals surface area contributed by atoms with Crippen LogP contribution in [0.3, 0.4) is 0 Å². The van der Waals surface area contributed by atoms with Crippen molar-refractivity contribution in [3.05, 3.63) is 78.9 Å². The van der Waals surface area contributed by atoms with E-state index in [1.54, 1.807) is 50.3 Å². The summed E-state index contributed by atoms with van der Waals surface area (Å²) in [6.45, 7) is 4.86. The lowest BCUT2D eigenvalue weighted by molar-refractivity contribution is -0.139. The van der Waals surface area contributed by atoms with E-state index >= 15 is 0 Å². The Morgan fingerprint density at radius 3 is 2.71 bits per heavy atom. The monoisotopic (exact) mass is 482 g/mol. The first-order valence-corrected chi connectivity index (χ1v) is 11.2. The number of carbonyl (C=O) groups is 2. The molecule has 176 valence electrons. The standard InChI is InChI=1S/C24H22N2O7S/c1-5-31-23(29)20-13(2)25-24-26(22(28)19(34-24)12-16-7-6-10-32-16)21(20)15-8-9-17(33-14(3)27)18(11-15)30-4/h6-12,21H,5H2,1-4H3/b19-12-/t21-/m0/s1. The molecule has 9 nitrogen and oxygen atoms in total. The van der Waals surface area contributed by atoms with E-state index in [-0.39, 0.29) is 29.2 Å². The fourth-order valence-electron chi connectivity index (χ4n) is 3.70. The van der Waals surface area contributed by atoms with Crippen molar-refractivity contribution in [1.82, 2.24) is 4.57 Å². The molecule has 0 fully saturated rings. The van der Waals surface area contributed by atoms with E-state index in [2.05, 4.69) is 4.99 Å². The zero-order chi connectivity index (χ0) is 24.4. The number of carbonyl (C=O) groups excluding carboxylic acids is 2. The Morgan fingerprint density at radius 2 is 2.06 bits per heavy atom. The van der Waals surface area contributed by atoms with Crippen LogP contribution < -0.4 is 24.4 Å². The minimum absolute atomic E-state index is 0.167. The third-order valence-electron chi connectivity index (χ3n) is 5.09. The highest BCUT2D eigenvalue weighted by molar-refractivity contribution is 7.07. The van der Waals surface area contributed by atoms with E-state index in [1.165, 1.54) is 36.2 Å². The lowest BCUT2D eigenvalue weighted by Crippen LogP contribution is -2.39. The minimum Gasteiger partial charge on any atom is -0.493 e. The Labute approximate surface area is 198 Å². The Hall–Kier alpha value is -3.92. The van der Waals surface area contributed by atoms with Gasteiger partial charge in [0, 0.05) is 13.0 Å². The van der Waals surface area contributed by atoms with Crippen LogP contribution in [0.1, 0.15) is 38.1 Å². The SMILES string of the molecule is CCOC(=O)C1=C(C)N=c2s/c(=C\c3ccco3)c(=O)n2[C@H]1c1ccc(OC(C)=O)c(OC)c1. The first-order valence-electron chi connectivity index (χ1n) is 10.4. The van der Waals surface area contributed by atoms with Crippen LogP contribution >= 0.6 is 11.3 Å². The molecule has 2 aromatic heterocycles. The van der Waals surface area contributed by atoms with Gasteiger partial charge in [-0.25, -0.2) is 9.79 Å². The summed E-state index contributed by atoms with van der Waals surface area (Å²) in [5.41, 5.74) is 0.914. The summed E-state index contributed by atoms with van der Waals surface area (Å²) in [5.74, 6) is -0.0433. The predicted molar refractivity (Wildman–Crippen MR) is 123 cm³/mol. The largest absolute Gasteiger partial charge is 0.493 e. The quantitative estimate of drug-likeness (QED) is 0.392. The van der Waals surface area contributed by atoms with Crippen molar-refractivity contribution in [2.75, 3.05) is 13.7 Å². The molecule has 10 heteroatoms. The van der Waals surface area contributed by atoms with E-state index in [0.717, 1.165) is 0 Å². The summed E-state index contributed by atoms with van der Waals surface area (Å²) in [6, 6.07) is 7.51. The van der Waals surface area contributed by atoms with Crippen LogP contribution in [0.15, 0.2) is 62.1 Å². The number of fused-ring (bicyclic) bond motifs is 1. The number of ether oxygens (including phenoxy) is 3. The molecule has 1 aromatic carbocycles. The average Bonchev–Trinajstić information content (AvgIpc) is 3.41. The molecule has 3 heterocycles. The van der Waals surface area contributed by atoms with Crippen molar-refractivity contribution >= 4 is 29.4 Å². The third-order valence-corrected chi connectivity index (χ3v) is 6.07. The number of hydrogen-bond acceptors (Lipinski definition) is 9. The summed E-state index contributed by atoms with van der Waals surface area (Å²) in [4.78, 5) is 42.9. The molecule has 4 rings (SSSR count). The topological polar surface area (TPSA) is 109 Å². The molecule has 1 atom stereocenters. The number of allylic oxidation sites excluding steroid dienone is 1. The fraction of sp³-hybridized carbons (Fsp3) is 0.250. The van der Waals surface area contributed by atoms with Gasteiger partial charge in [-0.15, -0.1) is 0 Å². The lowest BCUT2D eigenvalue weighted by atomic mass is 9.95. The van der Waals surface area contributed by atoms with Gasteiger partial charge in [0.1, 0.15) is 5.76 Å². The van der Waals surface area contributed by atoms with Crippen molar-refractivity contribution in [3.8, 4) is 11.5 Å². The van der Waals surface area contributed by atoms with Gasteiger partial charge in [0.05, 0.1) is 41.8 Å². The second-order valence-corrected chi connectivity index (χ2v) is 8.33. The molecule has 34 heavy (non-hydrogen) atoms. The first kappa shape index (κ1) is 23.2. The van der Waals surface area contributed by atoms with E-state index < -0.39 is 18.0 Å². The van der Waals surface area contributed by atoms with Gasteiger partial charge in [0.2, 0.25) is 0 Å². The minimum atomic E-state index is -0.825. The van der Waals surface area contributed by atoms with Crippen LogP contribution in [0.5, 0.6) is 11.5 Å². The van der Waals surface area contributed by atoms with E-state index in [1.807, 2.05) is 0 Å². The van der Waals surface area contributed by atoms with Gasteiger partial charge in [-0.1, -0.05) is 17.4 Å². The summed E-state index contributed by atoms with van der Waals surface area (Å²) < 4.78 is 23.1. The molecule has 1 aliphatic rings. The van der Waals surface area contributed by atoms with E-state index in [9.17, 15) is 14.4 Å². The molecule has 0 unspecified atom stereocenters. The number of hydrogen-bond donors (Lipinski definition) is 0. The molecule has 0 saturated carbocycles. The second-order valence-electron chi connectivity index (χ2n) is 7.32. The number of furan rings is 1. The van der Waals surface area contributed by atoms with Crippen molar-refractivity contribution in [2.45, 2.75) is 26.8 Å². The van der Waals surface area contributed by atoms with Crippen molar-refractivity contribution in [2.24, 2.45) is 4.99 Å². The molecule has 0 spiro atoms. The molecule has 1 aliphatic heterocycles.